The Kier molecular flexibility index (Phi) is 7.50. The molecule has 0 aliphatic carbocycles. The molecule has 1 N–H and O–H groups in total. The maximum Gasteiger partial charge on any atom is 0.416 e. The van der Waals surface area contributed by atoms with Gasteiger partial charge in [-0.25, -0.2) is 0 Å². The van der Waals surface area contributed by atoms with Crippen LogP contribution in [-0.4, -0.2) is 36.5 Å². The number of carbonyl (C=O) groups is 1. The van der Waals surface area contributed by atoms with Crippen molar-refractivity contribution >= 4 is 5.91 Å². The maximum absolute atomic E-state index is 13.1. The second kappa shape index (κ2) is 9.40. The topological polar surface area (TPSA) is 32.3 Å². The number of hydrogen-bond acceptors (Lipinski definition) is 2. The lowest BCUT2D eigenvalue weighted by molar-refractivity contribution is -0.138. The van der Waals surface area contributed by atoms with Crippen LogP contribution in [0.3, 0.4) is 0 Å². The summed E-state index contributed by atoms with van der Waals surface area (Å²) in [5.74, 6) is 0.444. The van der Waals surface area contributed by atoms with Gasteiger partial charge in [0.25, 0.3) is 0 Å². The highest BCUT2D eigenvalue weighted by molar-refractivity contribution is 5.76. The van der Waals surface area contributed by atoms with Gasteiger partial charge in [0.1, 0.15) is 0 Å². The van der Waals surface area contributed by atoms with Gasteiger partial charge in [0, 0.05) is 25.6 Å². The van der Waals surface area contributed by atoms with E-state index < -0.39 is 11.7 Å². The summed E-state index contributed by atoms with van der Waals surface area (Å²) < 4.78 is 39.3. The van der Waals surface area contributed by atoms with E-state index in [9.17, 15) is 18.0 Å². The molecule has 1 amide bonds. The van der Waals surface area contributed by atoms with Crippen LogP contribution >= 0.6 is 0 Å². The zero-order valence-electron chi connectivity index (χ0n) is 15.6. The fourth-order valence-electron chi connectivity index (χ4n) is 3.62. The molecule has 0 radical (unpaired) electrons. The van der Waals surface area contributed by atoms with E-state index in [1.807, 2.05) is 13.8 Å². The van der Waals surface area contributed by atoms with Crippen molar-refractivity contribution in [1.82, 2.24) is 10.2 Å². The lowest BCUT2D eigenvalue weighted by Gasteiger charge is -2.32. The van der Waals surface area contributed by atoms with Gasteiger partial charge in [0.15, 0.2) is 0 Å². The minimum absolute atomic E-state index is 0.0567. The molecular weight excluding hydrogens is 341 g/mol. The number of aryl methyl sites for hydroxylation is 1. The van der Waals surface area contributed by atoms with E-state index in [1.165, 1.54) is 6.07 Å². The van der Waals surface area contributed by atoms with Gasteiger partial charge in [-0.05, 0) is 63.6 Å². The van der Waals surface area contributed by atoms with Crippen molar-refractivity contribution < 1.29 is 18.0 Å². The number of nitrogens with zero attached hydrogens (tertiary/aromatic N) is 1. The Morgan fingerprint density at radius 2 is 2.04 bits per heavy atom. The number of amides is 1. The normalized spacial score (nSPS) is 18.9. The van der Waals surface area contributed by atoms with Gasteiger partial charge in [-0.2, -0.15) is 13.2 Å². The van der Waals surface area contributed by atoms with E-state index in [0.29, 0.717) is 30.9 Å². The molecule has 0 aromatic heterocycles. The van der Waals surface area contributed by atoms with E-state index in [-0.39, 0.29) is 11.9 Å². The summed E-state index contributed by atoms with van der Waals surface area (Å²) in [6.07, 6.45) is -0.537. The van der Waals surface area contributed by atoms with Gasteiger partial charge >= 0.3 is 6.18 Å². The molecule has 1 aliphatic rings. The number of alkyl halides is 3. The van der Waals surface area contributed by atoms with Crippen LogP contribution in [0.1, 0.15) is 50.7 Å². The highest BCUT2D eigenvalue weighted by Gasteiger charge is 2.33. The van der Waals surface area contributed by atoms with E-state index in [4.69, 9.17) is 0 Å². The monoisotopic (exact) mass is 370 g/mol. The Morgan fingerprint density at radius 1 is 1.31 bits per heavy atom. The van der Waals surface area contributed by atoms with Gasteiger partial charge in [0.05, 0.1) is 5.56 Å². The van der Waals surface area contributed by atoms with Gasteiger partial charge in [0.2, 0.25) is 5.91 Å². The van der Waals surface area contributed by atoms with Crippen LogP contribution in [0.15, 0.2) is 24.3 Å². The molecule has 0 saturated carbocycles. The molecular formula is C20H29F3N2O. The summed E-state index contributed by atoms with van der Waals surface area (Å²) in [7, 11) is 0. The third-order valence-corrected chi connectivity index (χ3v) is 4.85. The van der Waals surface area contributed by atoms with Crippen LogP contribution < -0.4 is 5.32 Å². The first-order valence-corrected chi connectivity index (χ1v) is 9.42. The summed E-state index contributed by atoms with van der Waals surface area (Å²) in [5.41, 5.74) is -0.133. The van der Waals surface area contributed by atoms with Gasteiger partial charge in [-0.3, -0.25) is 4.79 Å². The first kappa shape index (κ1) is 20.7. The van der Waals surface area contributed by atoms with Gasteiger partial charge < -0.3 is 10.2 Å². The Hall–Kier alpha value is -1.56. The fourth-order valence-corrected chi connectivity index (χ4v) is 3.62. The van der Waals surface area contributed by atoms with Crippen molar-refractivity contribution in [2.45, 2.75) is 58.2 Å². The van der Waals surface area contributed by atoms with Crippen LogP contribution in [0, 0.1) is 5.92 Å². The average Bonchev–Trinajstić information content (AvgIpc) is 2.57. The summed E-state index contributed by atoms with van der Waals surface area (Å²) in [6, 6.07) is 6.00. The van der Waals surface area contributed by atoms with Gasteiger partial charge in [-0.15, -0.1) is 0 Å². The zero-order valence-corrected chi connectivity index (χ0v) is 15.6. The number of halogens is 3. The molecule has 1 aromatic rings. The van der Waals surface area contributed by atoms with Crippen molar-refractivity contribution in [2.75, 3.05) is 19.6 Å². The molecule has 0 bridgehead atoms. The number of likely N-dealkylation sites (tertiary alicyclic amines) is 1. The second-order valence-electron chi connectivity index (χ2n) is 7.47. The Labute approximate surface area is 154 Å². The summed E-state index contributed by atoms with van der Waals surface area (Å²) >= 11 is 0. The minimum Gasteiger partial charge on any atom is -0.354 e. The molecule has 146 valence electrons. The fraction of sp³-hybridized carbons (Fsp3) is 0.650. The Morgan fingerprint density at radius 3 is 2.73 bits per heavy atom. The Balaban J connectivity index is 1.83. The SMILES string of the molecule is CC(C)NC(=O)CCN1CCCC(CCc2ccccc2C(F)(F)F)C1. The predicted molar refractivity (Wildman–Crippen MR) is 96.8 cm³/mol. The first-order valence-electron chi connectivity index (χ1n) is 9.42. The number of benzene rings is 1. The summed E-state index contributed by atoms with van der Waals surface area (Å²) in [4.78, 5) is 14.0. The van der Waals surface area contributed by atoms with Crippen molar-refractivity contribution in [3.63, 3.8) is 0 Å². The third-order valence-electron chi connectivity index (χ3n) is 4.85. The zero-order chi connectivity index (χ0) is 19.2. The maximum atomic E-state index is 13.1. The van der Waals surface area contributed by atoms with Gasteiger partial charge in [-0.1, -0.05) is 18.2 Å². The molecule has 1 atom stereocenters. The smallest absolute Gasteiger partial charge is 0.354 e. The van der Waals surface area contributed by atoms with Crippen molar-refractivity contribution in [3.05, 3.63) is 35.4 Å². The first-order chi connectivity index (χ1) is 12.3. The molecule has 26 heavy (non-hydrogen) atoms. The van der Waals surface area contributed by atoms with Crippen molar-refractivity contribution in [3.8, 4) is 0 Å². The van der Waals surface area contributed by atoms with Crippen molar-refractivity contribution in [1.29, 1.82) is 0 Å². The highest BCUT2D eigenvalue weighted by atomic mass is 19.4. The molecule has 1 aromatic carbocycles. The van der Waals surface area contributed by atoms with Crippen LogP contribution in [-0.2, 0) is 17.4 Å². The Bertz CT molecular complexity index is 587. The number of piperidine rings is 1. The van der Waals surface area contributed by atoms with E-state index in [2.05, 4.69) is 10.2 Å². The molecule has 1 saturated heterocycles. The van der Waals surface area contributed by atoms with E-state index in [1.54, 1.807) is 12.1 Å². The van der Waals surface area contributed by atoms with Crippen LogP contribution in [0.4, 0.5) is 13.2 Å². The molecule has 1 heterocycles. The minimum atomic E-state index is -4.29. The van der Waals surface area contributed by atoms with Crippen molar-refractivity contribution in [2.24, 2.45) is 5.92 Å². The lowest BCUT2D eigenvalue weighted by Crippen LogP contribution is -2.39. The number of hydrogen-bond donors (Lipinski definition) is 1. The standard InChI is InChI=1S/C20H29F3N2O/c1-15(2)24-19(26)11-13-25-12-5-6-16(14-25)9-10-17-7-3-4-8-18(17)20(21,22)23/h3-4,7-8,15-16H,5-6,9-14H2,1-2H3,(H,24,26). The van der Waals surface area contributed by atoms with E-state index in [0.717, 1.165) is 38.4 Å². The molecule has 3 nitrogen and oxygen atoms in total. The molecule has 2 rings (SSSR count). The average molecular weight is 370 g/mol. The number of nitrogens with one attached hydrogen (secondary N) is 1. The molecule has 1 aliphatic heterocycles. The molecule has 6 heteroatoms. The quantitative estimate of drug-likeness (QED) is 0.778. The second-order valence-corrected chi connectivity index (χ2v) is 7.47. The van der Waals surface area contributed by atoms with Crippen LogP contribution in [0.2, 0.25) is 0 Å². The van der Waals surface area contributed by atoms with Crippen LogP contribution in [0.25, 0.3) is 0 Å². The lowest BCUT2D eigenvalue weighted by atomic mass is 9.90. The van der Waals surface area contributed by atoms with E-state index >= 15 is 0 Å². The summed E-state index contributed by atoms with van der Waals surface area (Å²) in [6.45, 7) is 6.42. The van der Waals surface area contributed by atoms with Crippen LogP contribution in [0.5, 0.6) is 0 Å². The highest BCUT2D eigenvalue weighted by Crippen LogP contribution is 2.33. The molecule has 1 unspecified atom stereocenters. The molecule has 0 spiro atoms. The predicted octanol–water partition coefficient (Wildman–Crippen LogP) is 4.26. The largest absolute Gasteiger partial charge is 0.416 e. The number of carbonyl (C=O) groups excluding carboxylic acids is 1. The molecule has 1 fully saturated rings. The third kappa shape index (κ3) is 6.63. The number of rotatable bonds is 7. The summed E-state index contributed by atoms with van der Waals surface area (Å²) in [5, 5.41) is 2.89.